The van der Waals surface area contributed by atoms with Crippen LogP contribution < -0.4 is 0 Å². The maximum Gasteiger partial charge on any atom is 0.336 e. The van der Waals surface area contributed by atoms with Crippen LogP contribution in [0.3, 0.4) is 0 Å². The van der Waals surface area contributed by atoms with Gasteiger partial charge in [-0.1, -0.05) is 50.8 Å². The number of rotatable bonds is 5. The van der Waals surface area contributed by atoms with Crippen LogP contribution >= 0.6 is 0 Å². The summed E-state index contributed by atoms with van der Waals surface area (Å²) in [6.07, 6.45) is -0.849. The Labute approximate surface area is 102 Å². The smallest absolute Gasteiger partial charge is 0.336 e. The lowest BCUT2D eigenvalue weighted by molar-refractivity contribution is -0.141. The first kappa shape index (κ1) is 13.5. The van der Waals surface area contributed by atoms with Gasteiger partial charge in [0.2, 0.25) is 0 Å². The summed E-state index contributed by atoms with van der Waals surface area (Å²) >= 11 is 0. The second-order valence-electron chi connectivity index (χ2n) is 4.28. The zero-order valence-corrected chi connectivity index (χ0v) is 10.2. The highest BCUT2D eigenvalue weighted by atomic mass is 16.5. The van der Waals surface area contributed by atoms with Gasteiger partial charge in [0, 0.05) is 0 Å². The minimum absolute atomic E-state index is 0.0493. The molecule has 0 spiro atoms. The van der Waals surface area contributed by atoms with Crippen molar-refractivity contribution in [1.29, 1.82) is 0 Å². The molecule has 1 aromatic rings. The molecule has 1 N–H and O–H groups in total. The lowest BCUT2D eigenvalue weighted by atomic mass is 10.0. The summed E-state index contributed by atoms with van der Waals surface area (Å²) in [7, 11) is 0. The van der Waals surface area contributed by atoms with Gasteiger partial charge >= 0.3 is 5.97 Å². The van der Waals surface area contributed by atoms with Crippen LogP contribution in [0, 0.1) is 5.92 Å². The zero-order chi connectivity index (χ0) is 12.8. The second-order valence-corrected chi connectivity index (χ2v) is 4.28. The summed E-state index contributed by atoms with van der Waals surface area (Å²) in [5, 5.41) is 9.66. The number of aliphatic hydroxyl groups excluding tert-OH is 1. The highest BCUT2D eigenvalue weighted by molar-refractivity contribution is 5.88. The molecule has 0 aliphatic heterocycles. The minimum atomic E-state index is -0.849. The predicted octanol–water partition coefficient (Wildman–Crippen LogP) is 2.30. The second kappa shape index (κ2) is 6.21. The molecule has 0 amide bonds. The molecular weight excluding hydrogens is 216 g/mol. The Morgan fingerprint density at radius 2 is 1.94 bits per heavy atom. The van der Waals surface area contributed by atoms with Crippen LogP contribution in [0.2, 0.25) is 0 Å². The number of benzene rings is 1. The predicted molar refractivity (Wildman–Crippen MR) is 66.2 cm³/mol. The molecule has 1 rings (SSSR count). The van der Waals surface area contributed by atoms with Crippen LogP contribution in [0.5, 0.6) is 0 Å². The van der Waals surface area contributed by atoms with E-state index in [1.54, 1.807) is 0 Å². The van der Waals surface area contributed by atoms with E-state index in [0.717, 1.165) is 5.56 Å². The molecular formula is C14H18O3. The zero-order valence-electron chi connectivity index (χ0n) is 10.2. The van der Waals surface area contributed by atoms with Crippen molar-refractivity contribution in [2.75, 3.05) is 0 Å². The Morgan fingerprint density at radius 3 is 2.47 bits per heavy atom. The lowest BCUT2D eigenvalue weighted by Crippen LogP contribution is -2.24. The SMILES string of the molecule is C=C(C(=O)OCc1ccccc1)[C@H](O)C(C)C. The fraction of sp³-hybridized carbons (Fsp3) is 0.357. The number of aliphatic hydroxyl groups is 1. The maximum absolute atomic E-state index is 11.6. The fourth-order valence-corrected chi connectivity index (χ4v) is 1.34. The van der Waals surface area contributed by atoms with Crippen molar-refractivity contribution in [3.63, 3.8) is 0 Å². The van der Waals surface area contributed by atoms with Crippen molar-refractivity contribution in [3.05, 3.63) is 48.0 Å². The molecule has 1 aromatic carbocycles. The van der Waals surface area contributed by atoms with Gasteiger partial charge in [-0.25, -0.2) is 4.79 Å². The third kappa shape index (κ3) is 4.04. The molecule has 0 aromatic heterocycles. The van der Waals surface area contributed by atoms with Crippen LogP contribution in [0.15, 0.2) is 42.5 Å². The molecule has 0 saturated carbocycles. The van der Waals surface area contributed by atoms with E-state index in [0.29, 0.717) is 0 Å². The van der Waals surface area contributed by atoms with E-state index in [4.69, 9.17) is 4.74 Å². The molecule has 0 saturated heterocycles. The van der Waals surface area contributed by atoms with Crippen molar-refractivity contribution >= 4 is 5.97 Å². The number of hydrogen-bond acceptors (Lipinski definition) is 3. The third-order valence-electron chi connectivity index (χ3n) is 2.46. The van der Waals surface area contributed by atoms with Gasteiger partial charge in [-0.05, 0) is 11.5 Å². The van der Waals surface area contributed by atoms with E-state index in [9.17, 15) is 9.90 Å². The number of hydrogen-bond donors (Lipinski definition) is 1. The number of ether oxygens (including phenoxy) is 1. The Balaban J connectivity index is 2.48. The molecule has 0 aliphatic carbocycles. The van der Waals surface area contributed by atoms with Crippen LogP contribution in [0.25, 0.3) is 0 Å². The van der Waals surface area contributed by atoms with Gasteiger partial charge in [0.05, 0.1) is 11.7 Å². The van der Waals surface area contributed by atoms with Crippen molar-refractivity contribution in [2.24, 2.45) is 5.92 Å². The summed E-state index contributed by atoms with van der Waals surface area (Å²) in [5.74, 6) is -0.596. The van der Waals surface area contributed by atoms with Crippen LogP contribution in [0.1, 0.15) is 19.4 Å². The summed E-state index contributed by atoms with van der Waals surface area (Å²) in [6, 6.07) is 9.39. The fourth-order valence-electron chi connectivity index (χ4n) is 1.34. The molecule has 17 heavy (non-hydrogen) atoms. The van der Waals surface area contributed by atoms with Crippen LogP contribution in [-0.4, -0.2) is 17.2 Å². The monoisotopic (exact) mass is 234 g/mol. The quantitative estimate of drug-likeness (QED) is 0.628. The molecule has 3 nitrogen and oxygen atoms in total. The Bertz CT molecular complexity index is 382. The molecule has 0 aliphatic rings. The first-order chi connectivity index (χ1) is 8.02. The molecule has 92 valence electrons. The highest BCUT2D eigenvalue weighted by Gasteiger charge is 2.20. The van der Waals surface area contributed by atoms with E-state index in [-0.39, 0.29) is 18.1 Å². The lowest BCUT2D eigenvalue weighted by Gasteiger charge is -2.16. The average molecular weight is 234 g/mol. The first-order valence-electron chi connectivity index (χ1n) is 5.60. The van der Waals surface area contributed by atoms with Gasteiger partial charge in [0.1, 0.15) is 6.61 Å². The van der Waals surface area contributed by atoms with E-state index in [2.05, 4.69) is 6.58 Å². The van der Waals surface area contributed by atoms with E-state index in [1.165, 1.54) is 0 Å². The van der Waals surface area contributed by atoms with E-state index >= 15 is 0 Å². The molecule has 0 bridgehead atoms. The van der Waals surface area contributed by atoms with Crippen LogP contribution in [-0.2, 0) is 16.1 Å². The topological polar surface area (TPSA) is 46.5 Å². The van der Waals surface area contributed by atoms with Gasteiger partial charge in [0.25, 0.3) is 0 Å². The Hall–Kier alpha value is -1.61. The van der Waals surface area contributed by atoms with Gasteiger partial charge in [0.15, 0.2) is 0 Å². The maximum atomic E-state index is 11.6. The average Bonchev–Trinajstić information content (AvgIpc) is 2.35. The summed E-state index contributed by atoms with van der Waals surface area (Å²) < 4.78 is 5.06. The Kier molecular flexibility index (Phi) is 4.91. The normalized spacial score (nSPS) is 12.2. The molecule has 0 radical (unpaired) electrons. The molecule has 3 heteroatoms. The van der Waals surface area contributed by atoms with Crippen molar-refractivity contribution < 1.29 is 14.6 Å². The van der Waals surface area contributed by atoms with Gasteiger partial charge in [-0.3, -0.25) is 0 Å². The third-order valence-corrected chi connectivity index (χ3v) is 2.46. The van der Waals surface area contributed by atoms with E-state index < -0.39 is 12.1 Å². The standard InChI is InChI=1S/C14H18O3/c1-10(2)13(15)11(3)14(16)17-9-12-7-5-4-6-8-12/h4-8,10,13,15H,3,9H2,1-2H3/t13-/m1/s1. The number of esters is 1. The van der Waals surface area contributed by atoms with E-state index in [1.807, 2.05) is 44.2 Å². The minimum Gasteiger partial charge on any atom is -0.457 e. The summed E-state index contributed by atoms with van der Waals surface area (Å²) in [5.41, 5.74) is 1.02. The van der Waals surface area contributed by atoms with Gasteiger partial charge < -0.3 is 9.84 Å². The van der Waals surface area contributed by atoms with Crippen molar-refractivity contribution in [2.45, 2.75) is 26.6 Å². The molecule has 0 fully saturated rings. The van der Waals surface area contributed by atoms with Crippen molar-refractivity contribution in [1.82, 2.24) is 0 Å². The molecule has 0 unspecified atom stereocenters. The van der Waals surface area contributed by atoms with Gasteiger partial charge in [-0.15, -0.1) is 0 Å². The number of carbonyl (C=O) groups is 1. The Morgan fingerprint density at radius 1 is 1.35 bits per heavy atom. The summed E-state index contributed by atoms with van der Waals surface area (Å²) in [6.45, 7) is 7.40. The molecule has 0 heterocycles. The highest BCUT2D eigenvalue weighted by Crippen LogP contribution is 2.12. The number of carbonyl (C=O) groups excluding carboxylic acids is 1. The van der Waals surface area contributed by atoms with Crippen LogP contribution in [0.4, 0.5) is 0 Å². The first-order valence-corrected chi connectivity index (χ1v) is 5.60. The molecule has 1 atom stereocenters. The summed E-state index contributed by atoms with van der Waals surface area (Å²) in [4.78, 5) is 11.6. The largest absolute Gasteiger partial charge is 0.457 e. The van der Waals surface area contributed by atoms with Gasteiger partial charge in [-0.2, -0.15) is 0 Å². The van der Waals surface area contributed by atoms with Crippen molar-refractivity contribution in [3.8, 4) is 0 Å².